The predicted octanol–water partition coefficient (Wildman–Crippen LogP) is 3.84. The maximum Gasteiger partial charge on any atom is 0.262 e. The first-order valence-electron chi connectivity index (χ1n) is 8.24. The molecule has 0 saturated carbocycles. The Balaban J connectivity index is 1.53. The molecule has 0 fully saturated rings. The molecule has 0 aliphatic carbocycles. The van der Waals surface area contributed by atoms with Crippen LogP contribution in [-0.2, 0) is 9.59 Å². The summed E-state index contributed by atoms with van der Waals surface area (Å²) in [4.78, 5) is 27.3. The van der Waals surface area contributed by atoms with E-state index in [1.165, 1.54) is 18.3 Å². The average molecular weight is 380 g/mol. The van der Waals surface area contributed by atoms with E-state index >= 15 is 0 Å². The molecule has 2 heterocycles. The summed E-state index contributed by atoms with van der Waals surface area (Å²) < 4.78 is 5.38. The lowest BCUT2D eigenvalue weighted by atomic mass is 10.1. The van der Waals surface area contributed by atoms with Gasteiger partial charge in [-0.1, -0.05) is 6.07 Å². The standard InChI is InChI=1S/C19H16N4O3S/c1-11(24)20-13-3-2-4-14(8-13)21-19-23-16(10-27-19)12-5-6-17-15(7-12)22-18(25)9-26-17/h2-8,10H,9H2,1H3,(H,20,24)(H,21,23)(H,22,25). The molecule has 3 N–H and O–H groups in total. The fraction of sp³-hybridized carbons (Fsp3) is 0.105. The number of benzene rings is 2. The van der Waals surface area contributed by atoms with E-state index in [2.05, 4.69) is 20.9 Å². The molecule has 136 valence electrons. The van der Waals surface area contributed by atoms with E-state index in [-0.39, 0.29) is 18.4 Å². The Kier molecular flexibility index (Phi) is 4.47. The molecule has 0 atom stereocenters. The van der Waals surface area contributed by atoms with Gasteiger partial charge in [0.25, 0.3) is 5.91 Å². The van der Waals surface area contributed by atoms with Crippen molar-refractivity contribution < 1.29 is 14.3 Å². The molecule has 2 aromatic carbocycles. The van der Waals surface area contributed by atoms with E-state index in [1.54, 1.807) is 0 Å². The Bertz CT molecular complexity index is 1030. The quantitative estimate of drug-likeness (QED) is 0.639. The Labute approximate surface area is 159 Å². The second-order valence-electron chi connectivity index (χ2n) is 5.97. The number of hydrogen-bond donors (Lipinski definition) is 3. The molecular weight excluding hydrogens is 364 g/mol. The van der Waals surface area contributed by atoms with Crippen molar-refractivity contribution in [3.05, 3.63) is 47.8 Å². The van der Waals surface area contributed by atoms with E-state index in [1.807, 2.05) is 47.8 Å². The van der Waals surface area contributed by atoms with E-state index in [0.717, 1.165) is 27.8 Å². The maximum atomic E-state index is 11.5. The molecule has 0 spiro atoms. The number of anilines is 4. The van der Waals surface area contributed by atoms with Crippen LogP contribution in [0.1, 0.15) is 6.92 Å². The van der Waals surface area contributed by atoms with Gasteiger partial charge in [-0.25, -0.2) is 4.98 Å². The van der Waals surface area contributed by atoms with Crippen molar-refractivity contribution in [2.24, 2.45) is 0 Å². The molecule has 3 aromatic rings. The van der Waals surface area contributed by atoms with Crippen LogP contribution >= 0.6 is 11.3 Å². The first-order chi connectivity index (χ1) is 13.1. The second kappa shape index (κ2) is 7.08. The molecule has 0 saturated heterocycles. The van der Waals surface area contributed by atoms with Crippen LogP contribution in [0.2, 0.25) is 0 Å². The van der Waals surface area contributed by atoms with Gasteiger partial charge in [0.05, 0.1) is 11.4 Å². The average Bonchev–Trinajstić information content (AvgIpc) is 3.09. The third-order valence-corrected chi connectivity index (χ3v) is 4.60. The lowest BCUT2D eigenvalue weighted by Gasteiger charge is -2.18. The number of rotatable bonds is 4. The van der Waals surface area contributed by atoms with Crippen LogP contribution in [0, 0.1) is 0 Å². The van der Waals surface area contributed by atoms with Crippen molar-refractivity contribution in [1.29, 1.82) is 0 Å². The Morgan fingerprint density at radius 2 is 2.07 bits per heavy atom. The molecule has 8 heteroatoms. The van der Waals surface area contributed by atoms with Gasteiger partial charge in [-0.2, -0.15) is 0 Å². The molecule has 0 radical (unpaired) electrons. The number of ether oxygens (including phenoxy) is 1. The van der Waals surface area contributed by atoms with Crippen LogP contribution in [0.3, 0.4) is 0 Å². The Morgan fingerprint density at radius 3 is 2.93 bits per heavy atom. The van der Waals surface area contributed by atoms with Gasteiger partial charge in [-0.3, -0.25) is 9.59 Å². The summed E-state index contributed by atoms with van der Waals surface area (Å²) >= 11 is 1.47. The number of thiazole rings is 1. The number of carbonyl (C=O) groups is 2. The number of fused-ring (bicyclic) bond motifs is 1. The molecule has 1 aliphatic heterocycles. The van der Waals surface area contributed by atoms with E-state index in [0.29, 0.717) is 11.4 Å². The fourth-order valence-corrected chi connectivity index (χ4v) is 3.45. The molecule has 1 aliphatic rings. The third-order valence-electron chi connectivity index (χ3n) is 3.85. The van der Waals surface area contributed by atoms with Gasteiger partial charge in [-0.15, -0.1) is 11.3 Å². The molecule has 1 aromatic heterocycles. The molecular formula is C19H16N4O3S. The van der Waals surface area contributed by atoms with Crippen LogP contribution in [0.5, 0.6) is 5.75 Å². The van der Waals surface area contributed by atoms with Gasteiger partial charge in [0, 0.05) is 29.2 Å². The Morgan fingerprint density at radius 1 is 1.22 bits per heavy atom. The summed E-state index contributed by atoms with van der Waals surface area (Å²) in [5.74, 6) is 0.369. The molecule has 2 amide bonds. The highest BCUT2D eigenvalue weighted by Gasteiger charge is 2.17. The van der Waals surface area contributed by atoms with Gasteiger partial charge in [0.15, 0.2) is 11.7 Å². The topological polar surface area (TPSA) is 92.4 Å². The first kappa shape index (κ1) is 17.0. The summed E-state index contributed by atoms with van der Waals surface area (Å²) in [6, 6.07) is 13.0. The fourth-order valence-electron chi connectivity index (χ4n) is 2.71. The zero-order valence-electron chi connectivity index (χ0n) is 14.4. The van der Waals surface area contributed by atoms with E-state index < -0.39 is 0 Å². The lowest BCUT2D eigenvalue weighted by molar-refractivity contribution is -0.118. The van der Waals surface area contributed by atoms with Crippen LogP contribution in [0.25, 0.3) is 11.3 Å². The summed E-state index contributed by atoms with van der Waals surface area (Å²) in [6.45, 7) is 1.51. The highest BCUT2D eigenvalue weighted by molar-refractivity contribution is 7.14. The number of nitrogens with one attached hydrogen (secondary N) is 3. The van der Waals surface area contributed by atoms with Crippen molar-refractivity contribution in [1.82, 2.24) is 4.98 Å². The van der Waals surface area contributed by atoms with Gasteiger partial charge in [0.1, 0.15) is 5.75 Å². The minimum Gasteiger partial charge on any atom is -0.482 e. The minimum atomic E-state index is -0.167. The van der Waals surface area contributed by atoms with Crippen molar-refractivity contribution in [3.8, 4) is 17.0 Å². The van der Waals surface area contributed by atoms with Gasteiger partial charge >= 0.3 is 0 Å². The smallest absolute Gasteiger partial charge is 0.262 e. The van der Waals surface area contributed by atoms with Gasteiger partial charge in [-0.05, 0) is 36.4 Å². The van der Waals surface area contributed by atoms with Gasteiger partial charge in [0.2, 0.25) is 5.91 Å². The number of amides is 2. The molecule has 27 heavy (non-hydrogen) atoms. The van der Waals surface area contributed by atoms with Gasteiger partial charge < -0.3 is 20.7 Å². The lowest BCUT2D eigenvalue weighted by Crippen LogP contribution is -2.25. The highest BCUT2D eigenvalue weighted by Crippen LogP contribution is 2.34. The minimum absolute atomic E-state index is 0.0364. The van der Waals surface area contributed by atoms with Crippen LogP contribution in [0.15, 0.2) is 47.8 Å². The van der Waals surface area contributed by atoms with Crippen molar-refractivity contribution >= 4 is 45.3 Å². The largest absolute Gasteiger partial charge is 0.482 e. The third kappa shape index (κ3) is 3.90. The Hall–Kier alpha value is -3.39. The number of nitrogens with zero attached hydrogens (tertiary/aromatic N) is 1. The van der Waals surface area contributed by atoms with Crippen molar-refractivity contribution in [2.75, 3.05) is 22.6 Å². The predicted molar refractivity (Wildman–Crippen MR) is 106 cm³/mol. The molecule has 0 unspecified atom stereocenters. The van der Waals surface area contributed by atoms with Crippen LogP contribution < -0.4 is 20.7 Å². The molecule has 0 bridgehead atoms. The number of aromatic nitrogens is 1. The summed E-state index contributed by atoms with van der Waals surface area (Å²) in [5, 5.41) is 11.5. The van der Waals surface area contributed by atoms with Crippen LogP contribution in [-0.4, -0.2) is 23.4 Å². The van der Waals surface area contributed by atoms with Crippen molar-refractivity contribution in [2.45, 2.75) is 6.92 Å². The SMILES string of the molecule is CC(=O)Nc1cccc(Nc2nc(-c3ccc4c(c3)NC(=O)CO4)cs2)c1. The zero-order chi connectivity index (χ0) is 18.8. The van der Waals surface area contributed by atoms with E-state index in [9.17, 15) is 9.59 Å². The monoisotopic (exact) mass is 380 g/mol. The summed E-state index contributed by atoms with van der Waals surface area (Å²) in [7, 11) is 0. The highest BCUT2D eigenvalue weighted by atomic mass is 32.1. The van der Waals surface area contributed by atoms with Crippen LogP contribution in [0.4, 0.5) is 22.2 Å². The molecule has 7 nitrogen and oxygen atoms in total. The number of hydrogen-bond acceptors (Lipinski definition) is 6. The summed E-state index contributed by atoms with van der Waals surface area (Å²) in [6.07, 6.45) is 0. The normalized spacial score (nSPS) is 12.6. The van der Waals surface area contributed by atoms with E-state index in [4.69, 9.17) is 4.74 Å². The maximum absolute atomic E-state index is 11.5. The second-order valence-corrected chi connectivity index (χ2v) is 6.83. The number of carbonyl (C=O) groups excluding carboxylic acids is 2. The summed E-state index contributed by atoms with van der Waals surface area (Å²) in [5.41, 5.74) is 3.87. The van der Waals surface area contributed by atoms with Crippen molar-refractivity contribution in [3.63, 3.8) is 0 Å². The zero-order valence-corrected chi connectivity index (χ0v) is 15.2. The molecule has 4 rings (SSSR count). The first-order valence-corrected chi connectivity index (χ1v) is 9.12.